The Labute approximate surface area is 199 Å². The zero-order valence-corrected chi connectivity index (χ0v) is 18.8. The maximum absolute atomic E-state index is 13.3. The third-order valence-electron chi connectivity index (χ3n) is 4.49. The number of hydrogen-bond donors (Lipinski definition) is 3. The van der Waals surface area contributed by atoms with Crippen molar-refractivity contribution in [3.05, 3.63) is 77.1 Å². The van der Waals surface area contributed by atoms with E-state index in [1.165, 1.54) is 0 Å². The van der Waals surface area contributed by atoms with Crippen LogP contribution in [0.3, 0.4) is 0 Å². The molecule has 7 nitrogen and oxygen atoms in total. The van der Waals surface area contributed by atoms with Gasteiger partial charge in [-0.2, -0.15) is 13.2 Å². The van der Waals surface area contributed by atoms with E-state index >= 15 is 0 Å². The van der Waals surface area contributed by atoms with E-state index in [4.69, 9.17) is 21.1 Å². The van der Waals surface area contributed by atoms with Crippen LogP contribution in [0.4, 0.5) is 23.7 Å². The van der Waals surface area contributed by atoms with Crippen LogP contribution in [0.25, 0.3) is 0 Å². The van der Waals surface area contributed by atoms with Gasteiger partial charge in [0.2, 0.25) is 0 Å². The zero-order valence-electron chi connectivity index (χ0n) is 18.1. The molecule has 180 valence electrons. The molecular formula is C23H22ClF3N4O3. The molecule has 34 heavy (non-hydrogen) atoms. The number of carbonyl (C=O) groups excluding carboxylic acids is 1. The molecular weight excluding hydrogens is 473 g/mol. The van der Waals surface area contributed by atoms with Crippen LogP contribution in [0.5, 0.6) is 17.2 Å². The Bertz CT molecular complexity index is 1100. The second kappa shape index (κ2) is 11.6. The lowest BCUT2D eigenvalue weighted by molar-refractivity contribution is -0.137. The Morgan fingerprint density at radius 2 is 1.74 bits per heavy atom. The van der Waals surface area contributed by atoms with Gasteiger partial charge in [-0.15, -0.1) is 0 Å². The van der Waals surface area contributed by atoms with Crippen molar-refractivity contribution < 1.29 is 27.4 Å². The molecule has 11 heteroatoms. The number of alkyl halides is 3. The van der Waals surface area contributed by atoms with E-state index in [-0.39, 0.29) is 24.6 Å². The number of halogens is 4. The van der Waals surface area contributed by atoms with Crippen LogP contribution >= 0.6 is 11.6 Å². The molecule has 2 amide bonds. The van der Waals surface area contributed by atoms with E-state index in [1.807, 2.05) is 0 Å². The van der Waals surface area contributed by atoms with Crippen molar-refractivity contribution in [3.8, 4) is 17.2 Å². The van der Waals surface area contributed by atoms with Crippen molar-refractivity contribution in [2.24, 2.45) is 0 Å². The minimum absolute atomic E-state index is 0.0287. The zero-order chi connectivity index (χ0) is 24.6. The van der Waals surface area contributed by atoms with E-state index < -0.39 is 22.8 Å². The molecule has 0 saturated carbocycles. The highest BCUT2D eigenvalue weighted by molar-refractivity contribution is 6.31. The molecule has 0 unspecified atom stereocenters. The molecule has 0 aliphatic carbocycles. The minimum atomic E-state index is -4.69. The fourth-order valence-corrected chi connectivity index (χ4v) is 3.08. The third kappa shape index (κ3) is 7.26. The average molecular weight is 495 g/mol. The number of ether oxygens (including phenoxy) is 2. The minimum Gasteiger partial charge on any atom is -0.490 e. The summed E-state index contributed by atoms with van der Waals surface area (Å²) in [6.45, 7) is 0.755. The van der Waals surface area contributed by atoms with Crippen molar-refractivity contribution in [1.82, 2.24) is 15.6 Å². The fourth-order valence-electron chi connectivity index (χ4n) is 2.82. The van der Waals surface area contributed by atoms with Gasteiger partial charge in [0.05, 0.1) is 16.3 Å². The van der Waals surface area contributed by atoms with Gasteiger partial charge in [0.15, 0.2) is 0 Å². The van der Waals surface area contributed by atoms with Crippen LogP contribution in [-0.4, -0.2) is 31.2 Å². The van der Waals surface area contributed by atoms with Gasteiger partial charge in [-0.1, -0.05) is 23.7 Å². The maximum Gasteiger partial charge on any atom is 0.417 e. The average Bonchev–Trinajstić information content (AvgIpc) is 2.80. The Kier molecular flexibility index (Phi) is 8.55. The number of anilines is 1. The highest BCUT2D eigenvalue weighted by Gasteiger charge is 2.34. The molecule has 1 heterocycles. The van der Waals surface area contributed by atoms with Crippen molar-refractivity contribution >= 4 is 23.3 Å². The first-order chi connectivity index (χ1) is 16.3. The van der Waals surface area contributed by atoms with E-state index in [2.05, 4.69) is 20.9 Å². The molecule has 0 atom stereocenters. The van der Waals surface area contributed by atoms with Crippen LogP contribution < -0.4 is 25.4 Å². The first kappa shape index (κ1) is 25.1. The fraction of sp³-hybridized carbons (Fsp3) is 0.217. The van der Waals surface area contributed by atoms with Gasteiger partial charge >= 0.3 is 12.2 Å². The van der Waals surface area contributed by atoms with Crippen LogP contribution in [0.15, 0.2) is 60.9 Å². The van der Waals surface area contributed by atoms with Gasteiger partial charge in [-0.3, -0.25) is 4.98 Å². The van der Waals surface area contributed by atoms with Crippen molar-refractivity contribution in [1.29, 1.82) is 0 Å². The molecule has 3 N–H and O–H groups in total. The number of amides is 2. The maximum atomic E-state index is 13.3. The lowest BCUT2D eigenvalue weighted by Crippen LogP contribution is -2.28. The summed E-state index contributed by atoms with van der Waals surface area (Å²) < 4.78 is 51.0. The van der Waals surface area contributed by atoms with Gasteiger partial charge in [0.1, 0.15) is 23.9 Å². The summed E-state index contributed by atoms with van der Waals surface area (Å²) in [4.78, 5) is 16.3. The molecule has 0 aliphatic heterocycles. The molecule has 0 saturated heterocycles. The summed E-state index contributed by atoms with van der Waals surface area (Å²) in [5, 5.41) is 7.34. The second-order valence-electron chi connectivity index (χ2n) is 7.01. The lowest BCUT2D eigenvalue weighted by Gasteiger charge is -2.17. The second-order valence-corrected chi connectivity index (χ2v) is 7.42. The Hall–Kier alpha value is -3.50. The molecule has 0 radical (unpaired) electrons. The quantitative estimate of drug-likeness (QED) is 0.344. The number of nitrogens with zero attached hydrogens (tertiary/aromatic N) is 1. The third-order valence-corrected chi connectivity index (χ3v) is 4.81. The van der Waals surface area contributed by atoms with E-state index in [9.17, 15) is 18.0 Å². The molecule has 1 aromatic heterocycles. The number of hydrogen-bond acceptors (Lipinski definition) is 5. The number of nitrogens with one attached hydrogen (secondary N) is 3. The summed E-state index contributed by atoms with van der Waals surface area (Å²) in [7, 11) is 1.70. The largest absolute Gasteiger partial charge is 0.490 e. The van der Waals surface area contributed by atoms with Crippen LogP contribution in [-0.2, 0) is 12.7 Å². The lowest BCUT2D eigenvalue weighted by atomic mass is 10.1. The van der Waals surface area contributed by atoms with Gasteiger partial charge < -0.3 is 25.4 Å². The van der Waals surface area contributed by atoms with Crippen LogP contribution in [0.1, 0.15) is 11.1 Å². The number of pyridine rings is 1. The van der Waals surface area contributed by atoms with Crippen molar-refractivity contribution in [2.75, 3.05) is 25.5 Å². The normalized spacial score (nSPS) is 11.1. The number of carbonyl (C=O) groups is 1. The number of urea groups is 1. The van der Waals surface area contributed by atoms with E-state index in [0.29, 0.717) is 18.0 Å². The highest BCUT2D eigenvalue weighted by Crippen LogP contribution is 2.40. The first-order valence-electron chi connectivity index (χ1n) is 10.2. The van der Waals surface area contributed by atoms with Crippen molar-refractivity contribution in [2.45, 2.75) is 12.7 Å². The first-order valence-corrected chi connectivity index (χ1v) is 10.5. The molecule has 0 aliphatic rings. The number of benzene rings is 2. The molecule has 3 aromatic rings. The molecule has 0 fully saturated rings. The Balaban J connectivity index is 1.64. The summed E-state index contributed by atoms with van der Waals surface area (Å²) in [6.07, 6.45) is -1.46. The summed E-state index contributed by atoms with van der Waals surface area (Å²) >= 11 is 5.78. The summed E-state index contributed by atoms with van der Waals surface area (Å²) in [5.74, 6) is 1.26. The summed E-state index contributed by atoms with van der Waals surface area (Å²) in [6, 6.07) is 11.5. The van der Waals surface area contributed by atoms with Crippen LogP contribution in [0.2, 0.25) is 5.02 Å². The number of rotatable bonds is 9. The molecule has 0 spiro atoms. The van der Waals surface area contributed by atoms with E-state index in [0.717, 1.165) is 17.7 Å². The Morgan fingerprint density at radius 1 is 1.06 bits per heavy atom. The van der Waals surface area contributed by atoms with Gasteiger partial charge in [-0.05, 0) is 42.9 Å². The molecule has 2 aromatic carbocycles. The Morgan fingerprint density at radius 3 is 2.38 bits per heavy atom. The molecule has 3 rings (SSSR count). The topological polar surface area (TPSA) is 84.5 Å². The smallest absolute Gasteiger partial charge is 0.417 e. The van der Waals surface area contributed by atoms with Gasteiger partial charge in [-0.25, -0.2) is 4.79 Å². The standard InChI is InChI=1S/C23H22ClF3N4O3/c1-28-10-11-33-21-13-19(24)18(23(25,26)27)12-20(21)31-22(32)30-14-15-2-4-16(5-3-15)34-17-6-8-29-9-7-17/h2-9,12-13,28H,10-11,14H2,1H3,(H2,30,31,32). The van der Waals surface area contributed by atoms with Gasteiger partial charge in [0.25, 0.3) is 0 Å². The summed E-state index contributed by atoms with van der Waals surface area (Å²) in [5.41, 5.74) is -0.462. The molecule has 0 bridgehead atoms. The number of likely N-dealkylation sites (N-methyl/N-ethyl adjacent to an activating group) is 1. The van der Waals surface area contributed by atoms with Gasteiger partial charge in [0, 0.05) is 31.5 Å². The van der Waals surface area contributed by atoms with Crippen LogP contribution in [0, 0.1) is 0 Å². The predicted molar refractivity (Wildman–Crippen MR) is 122 cm³/mol. The number of aromatic nitrogens is 1. The highest BCUT2D eigenvalue weighted by atomic mass is 35.5. The monoisotopic (exact) mass is 494 g/mol. The SMILES string of the molecule is CNCCOc1cc(Cl)c(C(F)(F)F)cc1NC(=O)NCc1ccc(Oc2ccncc2)cc1. The predicted octanol–water partition coefficient (Wildman–Crippen LogP) is 5.47. The van der Waals surface area contributed by atoms with Crippen molar-refractivity contribution in [3.63, 3.8) is 0 Å². The van der Waals surface area contributed by atoms with E-state index in [1.54, 1.807) is 55.8 Å².